The first-order valence-corrected chi connectivity index (χ1v) is 8.23. The molecule has 1 heterocycles. The second-order valence-electron chi connectivity index (χ2n) is 5.42. The van der Waals surface area contributed by atoms with Crippen LogP contribution >= 0.6 is 11.6 Å². The third kappa shape index (κ3) is 4.64. The smallest absolute Gasteiger partial charge is 0.251 e. The van der Waals surface area contributed by atoms with Crippen LogP contribution in [0.15, 0.2) is 42.5 Å². The first kappa shape index (κ1) is 17.1. The number of hydrogen-bond acceptors (Lipinski definition) is 4. The van der Waals surface area contributed by atoms with Crippen molar-refractivity contribution in [1.82, 2.24) is 5.32 Å². The number of anilines is 1. The Morgan fingerprint density at radius 3 is 2.64 bits per heavy atom. The van der Waals surface area contributed by atoms with E-state index in [1.807, 2.05) is 0 Å². The van der Waals surface area contributed by atoms with Crippen LogP contribution < -0.4 is 20.1 Å². The maximum Gasteiger partial charge on any atom is 0.251 e. The van der Waals surface area contributed by atoms with E-state index in [2.05, 4.69) is 10.6 Å². The molecule has 0 bridgehead atoms. The molecule has 0 saturated carbocycles. The fraction of sp³-hybridized carbons (Fsp3) is 0.222. The highest BCUT2D eigenvalue weighted by molar-refractivity contribution is 6.30. The van der Waals surface area contributed by atoms with Gasteiger partial charge >= 0.3 is 0 Å². The molecule has 0 spiro atoms. The Bertz CT molecular complexity index is 794. The largest absolute Gasteiger partial charge is 0.486 e. The number of carbonyl (C=O) groups excluding carboxylic acids is 2. The maximum atomic E-state index is 12.0. The van der Waals surface area contributed by atoms with Gasteiger partial charge in [-0.05, 0) is 30.3 Å². The molecule has 0 fully saturated rings. The summed E-state index contributed by atoms with van der Waals surface area (Å²) in [6.07, 6.45) is 0.154. The molecule has 2 amide bonds. The number of carbonyl (C=O) groups is 2. The Hall–Kier alpha value is -2.73. The Labute approximate surface area is 150 Å². The summed E-state index contributed by atoms with van der Waals surface area (Å²) in [4.78, 5) is 24.0. The van der Waals surface area contributed by atoms with E-state index < -0.39 is 0 Å². The average Bonchev–Trinajstić information content (AvgIpc) is 2.61. The summed E-state index contributed by atoms with van der Waals surface area (Å²) in [7, 11) is 0. The molecule has 2 aromatic rings. The fourth-order valence-corrected chi connectivity index (χ4v) is 2.56. The van der Waals surface area contributed by atoms with Crippen LogP contribution in [0.4, 0.5) is 5.69 Å². The minimum absolute atomic E-state index is 0.154. The number of hydrogen-bond donors (Lipinski definition) is 2. The zero-order chi connectivity index (χ0) is 17.6. The van der Waals surface area contributed by atoms with Crippen molar-refractivity contribution in [3.05, 3.63) is 53.1 Å². The number of ether oxygens (including phenoxy) is 2. The molecule has 0 aliphatic carbocycles. The predicted molar refractivity (Wildman–Crippen MR) is 94.5 cm³/mol. The topological polar surface area (TPSA) is 76.7 Å². The molecule has 1 aliphatic rings. The van der Waals surface area contributed by atoms with Crippen molar-refractivity contribution in [2.45, 2.75) is 6.42 Å². The van der Waals surface area contributed by atoms with Gasteiger partial charge in [-0.15, -0.1) is 0 Å². The minimum atomic E-state index is -0.269. The van der Waals surface area contributed by atoms with Crippen molar-refractivity contribution in [2.75, 3.05) is 25.1 Å². The summed E-state index contributed by atoms with van der Waals surface area (Å²) in [5.41, 5.74) is 1.08. The number of amides is 2. The second-order valence-corrected chi connectivity index (χ2v) is 5.86. The van der Waals surface area contributed by atoms with Crippen molar-refractivity contribution < 1.29 is 19.1 Å². The molecule has 0 saturated heterocycles. The van der Waals surface area contributed by atoms with Crippen molar-refractivity contribution in [3.63, 3.8) is 0 Å². The zero-order valence-corrected chi connectivity index (χ0v) is 14.1. The molecular formula is C18H17ClN2O4. The number of halogens is 1. The molecule has 7 heteroatoms. The van der Waals surface area contributed by atoms with Gasteiger partial charge in [0.1, 0.15) is 13.2 Å². The van der Waals surface area contributed by atoms with Gasteiger partial charge < -0.3 is 20.1 Å². The summed E-state index contributed by atoms with van der Waals surface area (Å²) in [6, 6.07) is 11.9. The molecule has 130 valence electrons. The molecule has 0 unspecified atom stereocenters. The number of rotatable bonds is 5. The molecule has 3 rings (SSSR count). The van der Waals surface area contributed by atoms with Gasteiger partial charge in [0.25, 0.3) is 5.91 Å². The van der Waals surface area contributed by atoms with Gasteiger partial charge in [0, 0.05) is 35.3 Å². The van der Waals surface area contributed by atoms with Crippen molar-refractivity contribution in [2.24, 2.45) is 0 Å². The number of benzene rings is 2. The summed E-state index contributed by atoms with van der Waals surface area (Å²) < 4.78 is 10.9. The molecular weight excluding hydrogens is 344 g/mol. The number of nitrogens with one attached hydrogen (secondary N) is 2. The quantitative estimate of drug-likeness (QED) is 0.859. The van der Waals surface area contributed by atoms with Gasteiger partial charge in [0.05, 0.1) is 0 Å². The van der Waals surface area contributed by atoms with E-state index >= 15 is 0 Å². The predicted octanol–water partition coefficient (Wildman–Crippen LogP) is 2.87. The Balaban J connectivity index is 1.47. The van der Waals surface area contributed by atoms with E-state index in [0.717, 1.165) is 0 Å². The Morgan fingerprint density at radius 1 is 1.04 bits per heavy atom. The first-order chi connectivity index (χ1) is 12.1. The van der Waals surface area contributed by atoms with E-state index in [9.17, 15) is 9.59 Å². The monoisotopic (exact) mass is 360 g/mol. The molecule has 1 aliphatic heterocycles. The number of fused-ring (bicyclic) bond motifs is 1. The van der Waals surface area contributed by atoms with Crippen LogP contribution in [0.5, 0.6) is 11.5 Å². The van der Waals surface area contributed by atoms with Gasteiger partial charge in [-0.3, -0.25) is 9.59 Å². The maximum absolute atomic E-state index is 12.0. The van der Waals surface area contributed by atoms with Crippen LogP contribution in [-0.2, 0) is 4.79 Å². The average molecular weight is 361 g/mol. The van der Waals surface area contributed by atoms with Gasteiger partial charge in [0.2, 0.25) is 5.91 Å². The lowest BCUT2D eigenvalue weighted by Crippen LogP contribution is -2.27. The normalized spacial score (nSPS) is 12.4. The molecule has 2 aromatic carbocycles. The Morgan fingerprint density at radius 2 is 1.84 bits per heavy atom. The summed E-state index contributed by atoms with van der Waals surface area (Å²) in [5, 5.41) is 5.95. The van der Waals surface area contributed by atoms with Gasteiger partial charge in [-0.2, -0.15) is 0 Å². The molecule has 0 atom stereocenters. The third-order valence-corrected chi connectivity index (χ3v) is 3.79. The fourth-order valence-electron chi connectivity index (χ4n) is 2.37. The van der Waals surface area contributed by atoms with Crippen LogP contribution in [0.25, 0.3) is 0 Å². The van der Waals surface area contributed by atoms with Crippen LogP contribution in [0.3, 0.4) is 0 Å². The highest BCUT2D eigenvalue weighted by Gasteiger charge is 2.13. The van der Waals surface area contributed by atoms with Gasteiger partial charge in [-0.25, -0.2) is 0 Å². The molecule has 6 nitrogen and oxygen atoms in total. The van der Waals surface area contributed by atoms with Gasteiger partial charge in [-0.1, -0.05) is 17.7 Å². The van der Waals surface area contributed by atoms with Crippen LogP contribution in [0.2, 0.25) is 5.02 Å². The SMILES string of the molecule is O=C(CCNC(=O)c1cccc(Cl)c1)Nc1ccc2c(c1)OCCO2. The van der Waals surface area contributed by atoms with E-state index in [-0.39, 0.29) is 24.8 Å². The van der Waals surface area contributed by atoms with Crippen molar-refractivity contribution in [1.29, 1.82) is 0 Å². The zero-order valence-electron chi connectivity index (χ0n) is 13.4. The second kappa shape index (κ2) is 7.90. The van der Waals surface area contributed by atoms with Gasteiger partial charge in [0.15, 0.2) is 11.5 Å². The lowest BCUT2D eigenvalue weighted by molar-refractivity contribution is -0.116. The summed E-state index contributed by atoms with van der Waals surface area (Å²) >= 11 is 5.85. The van der Waals surface area contributed by atoms with Crippen LogP contribution in [0.1, 0.15) is 16.8 Å². The lowest BCUT2D eigenvalue weighted by atomic mass is 10.2. The van der Waals surface area contributed by atoms with Crippen LogP contribution in [-0.4, -0.2) is 31.6 Å². The summed E-state index contributed by atoms with van der Waals surface area (Å²) in [5.74, 6) is 0.800. The Kier molecular flexibility index (Phi) is 5.40. The molecule has 2 N–H and O–H groups in total. The van der Waals surface area contributed by atoms with E-state index in [0.29, 0.717) is 41.0 Å². The highest BCUT2D eigenvalue weighted by Crippen LogP contribution is 2.32. The molecule has 0 aromatic heterocycles. The standard InChI is InChI=1S/C18H17ClN2O4/c19-13-3-1-2-12(10-13)18(23)20-7-6-17(22)21-14-4-5-15-16(11-14)25-9-8-24-15/h1-5,10-11H,6-9H2,(H,20,23)(H,21,22). The van der Waals surface area contributed by atoms with E-state index in [1.54, 1.807) is 42.5 Å². The first-order valence-electron chi connectivity index (χ1n) is 7.85. The highest BCUT2D eigenvalue weighted by atomic mass is 35.5. The lowest BCUT2D eigenvalue weighted by Gasteiger charge is -2.19. The van der Waals surface area contributed by atoms with E-state index in [1.165, 1.54) is 0 Å². The summed E-state index contributed by atoms with van der Waals surface area (Å²) in [6.45, 7) is 1.23. The van der Waals surface area contributed by atoms with E-state index in [4.69, 9.17) is 21.1 Å². The van der Waals surface area contributed by atoms with Crippen molar-refractivity contribution in [3.8, 4) is 11.5 Å². The van der Waals surface area contributed by atoms with Crippen LogP contribution in [0, 0.1) is 0 Å². The third-order valence-electron chi connectivity index (χ3n) is 3.55. The molecule has 25 heavy (non-hydrogen) atoms. The minimum Gasteiger partial charge on any atom is -0.486 e. The van der Waals surface area contributed by atoms with Crippen molar-refractivity contribution >= 4 is 29.1 Å². The molecule has 0 radical (unpaired) electrons.